The van der Waals surface area contributed by atoms with Crippen LogP contribution in [0.3, 0.4) is 0 Å². The summed E-state index contributed by atoms with van der Waals surface area (Å²) in [4.78, 5) is 13.0. The molecule has 4 aliphatic rings. The molecule has 234 valence electrons. The Morgan fingerprint density at radius 1 is 1.02 bits per heavy atom. The smallest absolute Gasteiger partial charge is 0.306 e. The summed E-state index contributed by atoms with van der Waals surface area (Å²) < 4.78 is 9.46. The maximum absolute atomic E-state index is 13.0. The predicted molar refractivity (Wildman–Crippen MR) is 200 cm³/mol. The third kappa shape index (κ3) is 6.62. The number of hydrogen-bond acceptors (Lipinski definition) is 3. The summed E-state index contributed by atoms with van der Waals surface area (Å²) >= 11 is 6.97. The minimum atomic E-state index is -0.0606. The van der Waals surface area contributed by atoms with Gasteiger partial charge >= 0.3 is 5.97 Å². The molecule has 0 radical (unpaired) electrons. The lowest BCUT2D eigenvalue weighted by Gasteiger charge is -2.58. The Hall–Kier alpha value is 0.420. The normalized spacial score (nSPS) is 34.8. The second kappa shape index (κ2) is 13.6. The molecule has 0 aromatic heterocycles. The average Bonchev–Trinajstić information content (AvgIpc) is 3.29. The van der Waals surface area contributed by atoms with Crippen LogP contribution in [0.1, 0.15) is 117 Å². The Morgan fingerprint density at radius 2 is 1.79 bits per heavy atom. The molecule has 1 aromatic rings. The van der Waals surface area contributed by atoms with Gasteiger partial charge in [-0.05, 0) is 177 Å². The fourth-order valence-corrected chi connectivity index (χ4v) is 14.0. The van der Waals surface area contributed by atoms with E-state index in [0.29, 0.717) is 23.7 Å². The molecule has 42 heavy (non-hydrogen) atoms. The highest BCUT2D eigenvalue weighted by Crippen LogP contribution is 2.67. The zero-order valence-corrected chi connectivity index (χ0v) is 32.9. The van der Waals surface area contributed by atoms with Crippen molar-refractivity contribution in [1.29, 1.82) is 0 Å². The van der Waals surface area contributed by atoms with E-state index in [0.717, 1.165) is 61.2 Å². The molecular formula is C36H52I3NO2. The van der Waals surface area contributed by atoms with Crippen LogP contribution in [0, 0.1) is 57.0 Å². The average molecular weight is 912 g/mol. The summed E-state index contributed by atoms with van der Waals surface area (Å²) in [7, 11) is 0. The van der Waals surface area contributed by atoms with Crippen LogP contribution in [-0.4, -0.2) is 12.1 Å². The molecule has 8 atom stereocenters. The van der Waals surface area contributed by atoms with E-state index in [-0.39, 0.29) is 12.1 Å². The summed E-state index contributed by atoms with van der Waals surface area (Å²) in [5.74, 6) is 5.07. The van der Waals surface area contributed by atoms with Crippen molar-refractivity contribution in [3.63, 3.8) is 0 Å². The molecule has 0 heterocycles. The SMILES string of the molecule is CC(C)CCC[C@@H](C)[C@H]1CCC2C3CC=C4C[C@@H](OC(=O)CCc5c(I)cc(I)c(N)c5I)CC[C@]4(C)C3CC[C@@]21C. The minimum absolute atomic E-state index is 0.0321. The number of nitrogens with two attached hydrogens (primary N) is 1. The van der Waals surface area contributed by atoms with Crippen LogP contribution < -0.4 is 5.73 Å². The minimum Gasteiger partial charge on any atom is -0.462 e. The van der Waals surface area contributed by atoms with Crippen molar-refractivity contribution in [3.05, 3.63) is 34.0 Å². The second-order valence-electron chi connectivity index (χ2n) is 15.2. The largest absolute Gasteiger partial charge is 0.462 e. The van der Waals surface area contributed by atoms with Crippen molar-refractivity contribution in [1.82, 2.24) is 0 Å². The van der Waals surface area contributed by atoms with E-state index in [4.69, 9.17) is 10.5 Å². The van der Waals surface area contributed by atoms with E-state index in [2.05, 4.69) is 115 Å². The van der Waals surface area contributed by atoms with Gasteiger partial charge in [0, 0.05) is 23.6 Å². The van der Waals surface area contributed by atoms with E-state index >= 15 is 0 Å². The van der Waals surface area contributed by atoms with Gasteiger partial charge in [0.25, 0.3) is 0 Å². The number of rotatable bonds is 9. The Morgan fingerprint density at radius 3 is 2.52 bits per heavy atom. The molecule has 4 aliphatic carbocycles. The van der Waals surface area contributed by atoms with Crippen LogP contribution in [0.4, 0.5) is 5.69 Å². The number of benzene rings is 1. The van der Waals surface area contributed by atoms with E-state index in [1.165, 1.54) is 66.9 Å². The van der Waals surface area contributed by atoms with Crippen LogP contribution >= 0.6 is 67.8 Å². The number of carbonyl (C=O) groups is 1. The van der Waals surface area contributed by atoms with Gasteiger partial charge in [0.2, 0.25) is 0 Å². The van der Waals surface area contributed by atoms with Crippen LogP contribution in [0.2, 0.25) is 0 Å². The maximum atomic E-state index is 13.0. The van der Waals surface area contributed by atoms with Crippen LogP contribution in [0.15, 0.2) is 17.7 Å². The zero-order chi connectivity index (χ0) is 30.4. The van der Waals surface area contributed by atoms with Crippen LogP contribution in [-0.2, 0) is 16.0 Å². The molecule has 3 saturated carbocycles. The predicted octanol–water partition coefficient (Wildman–Crippen LogP) is 11.0. The first-order valence-corrected chi connectivity index (χ1v) is 19.9. The zero-order valence-electron chi connectivity index (χ0n) is 26.4. The van der Waals surface area contributed by atoms with Crippen molar-refractivity contribution >= 4 is 79.4 Å². The van der Waals surface area contributed by atoms with Crippen molar-refractivity contribution < 1.29 is 9.53 Å². The molecule has 0 bridgehead atoms. The van der Waals surface area contributed by atoms with Gasteiger partial charge in [0.05, 0.1) is 5.69 Å². The quantitative estimate of drug-likeness (QED) is 0.116. The Labute approximate surface area is 296 Å². The highest BCUT2D eigenvalue weighted by molar-refractivity contribution is 14.1. The van der Waals surface area contributed by atoms with Gasteiger partial charge < -0.3 is 10.5 Å². The standard InChI is InChI=1S/C36H52I3NO2/c1-21(2)7-6-8-22(3)27-12-13-28-25-10-9-23-19-24(15-17-35(23,4)29(25)16-18-36(27,28)5)42-32(41)14-11-26-30(37)20-31(38)34(40)33(26)39/h9,20-22,24-25,27-29H,6-8,10-19,40H2,1-5H3/t22-,24+,25?,27-,28?,29?,35+,36-/m1/s1. The number of fused-ring (bicyclic) bond motifs is 5. The lowest BCUT2D eigenvalue weighted by molar-refractivity contribution is -0.151. The molecule has 3 fully saturated rings. The van der Waals surface area contributed by atoms with E-state index < -0.39 is 0 Å². The first-order chi connectivity index (χ1) is 19.8. The van der Waals surface area contributed by atoms with Crippen molar-refractivity contribution in [2.24, 2.45) is 46.3 Å². The summed E-state index contributed by atoms with van der Waals surface area (Å²) in [5.41, 5.74) is 10.7. The molecule has 3 nitrogen and oxygen atoms in total. The monoisotopic (exact) mass is 911 g/mol. The third-order valence-corrected chi connectivity index (χ3v) is 15.5. The first kappa shape index (κ1) is 33.8. The number of esters is 1. The summed E-state index contributed by atoms with van der Waals surface area (Å²) in [6.45, 7) is 12.6. The van der Waals surface area contributed by atoms with Gasteiger partial charge in [-0.2, -0.15) is 0 Å². The number of carbonyl (C=O) groups excluding carboxylic acids is 1. The Bertz CT molecular complexity index is 1200. The highest BCUT2D eigenvalue weighted by Gasteiger charge is 2.59. The maximum Gasteiger partial charge on any atom is 0.306 e. The third-order valence-electron chi connectivity index (χ3n) is 12.4. The van der Waals surface area contributed by atoms with Gasteiger partial charge in [-0.1, -0.05) is 65.5 Å². The fraction of sp³-hybridized carbons (Fsp3) is 0.750. The van der Waals surface area contributed by atoms with E-state index in [1.54, 1.807) is 5.57 Å². The lowest BCUT2D eigenvalue weighted by atomic mass is 9.47. The van der Waals surface area contributed by atoms with Gasteiger partial charge in [-0.3, -0.25) is 4.79 Å². The molecule has 0 saturated heterocycles. The number of hydrogen-bond donors (Lipinski definition) is 1. The summed E-state index contributed by atoms with van der Waals surface area (Å²) in [5, 5.41) is 0. The topological polar surface area (TPSA) is 52.3 Å². The number of allylic oxidation sites excluding steroid dienone is 1. The Balaban J connectivity index is 1.19. The molecule has 1 aromatic carbocycles. The van der Waals surface area contributed by atoms with Crippen molar-refractivity contribution in [2.45, 2.75) is 124 Å². The van der Waals surface area contributed by atoms with E-state index in [9.17, 15) is 4.79 Å². The first-order valence-electron chi connectivity index (χ1n) is 16.7. The number of ether oxygens (including phenoxy) is 1. The van der Waals surface area contributed by atoms with Crippen LogP contribution in [0.5, 0.6) is 0 Å². The number of anilines is 1. The second-order valence-corrected chi connectivity index (χ2v) is 18.6. The van der Waals surface area contributed by atoms with Gasteiger partial charge in [-0.15, -0.1) is 0 Å². The summed E-state index contributed by atoms with van der Waals surface area (Å²) in [6, 6.07) is 2.11. The van der Waals surface area contributed by atoms with Gasteiger partial charge in [0.15, 0.2) is 0 Å². The molecule has 6 heteroatoms. The molecular weight excluding hydrogens is 859 g/mol. The van der Waals surface area contributed by atoms with Crippen molar-refractivity contribution in [3.8, 4) is 0 Å². The van der Waals surface area contributed by atoms with Crippen LogP contribution in [0.25, 0.3) is 0 Å². The molecule has 0 aliphatic heterocycles. The Kier molecular flexibility index (Phi) is 11.0. The summed E-state index contributed by atoms with van der Waals surface area (Å²) in [6.07, 6.45) is 18.0. The highest BCUT2D eigenvalue weighted by atomic mass is 127. The molecule has 5 rings (SSSR count). The van der Waals surface area contributed by atoms with E-state index in [1.807, 2.05) is 0 Å². The molecule has 2 N–H and O–H groups in total. The van der Waals surface area contributed by atoms with Crippen molar-refractivity contribution in [2.75, 3.05) is 5.73 Å². The van der Waals surface area contributed by atoms with Gasteiger partial charge in [0.1, 0.15) is 6.10 Å². The molecule has 0 spiro atoms. The number of nitrogen functional groups attached to an aromatic ring is 1. The van der Waals surface area contributed by atoms with Gasteiger partial charge in [-0.25, -0.2) is 0 Å². The fourth-order valence-electron chi connectivity index (χ4n) is 10.1. The number of halogens is 3. The molecule has 3 unspecified atom stereocenters. The molecule has 0 amide bonds. The lowest BCUT2D eigenvalue weighted by Crippen LogP contribution is -2.51.